The molecule has 1 aromatic rings. The molecule has 0 aliphatic heterocycles. The van der Waals surface area contributed by atoms with Crippen LogP contribution < -0.4 is 5.32 Å². The lowest BCUT2D eigenvalue weighted by Crippen LogP contribution is -2.19. The van der Waals surface area contributed by atoms with Crippen molar-refractivity contribution in [2.75, 3.05) is 18.5 Å². The van der Waals surface area contributed by atoms with E-state index in [1.165, 1.54) is 0 Å². The van der Waals surface area contributed by atoms with E-state index in [2.05, 4.69) is 35.6 Å². The van der Waals surface area contributed by atoms with Crippen molar-refractivity contribution in [3.05, 3.63) is 12.4 Å². The summed E-state index contributed by atoms with van der Waals surface area (Å²) in [4.78, 5) is 4.30. The number of ether oxygens (including phenoxy) is 1. The van der Waals surface area contributed by atoms with Crippen LogP contribution in [-0.4, -0.2) is 28.8 Å². The fraction of sp³-hybridized carbons (Fsp3) is 0.750. The van der Waals surface area contributed by atoms with Crippen molar-refractivity contribution in [3.63, 3.8) is 0 Å². The summed E-state index contributed by atoms with van der Waals surface area (Å²) in [6.07, 6.45) is 4.03. The molecule has 0 amide bonds. The molecule has 0 saturated heterocycles. The highest BCUT2D eigenvalue weighted by molar-refractivity contribution is 5.25. The Labute approximate surface area is 98.0 Å². The molecular formula is C12H23N3O. The minimum atomic E-state index is 0.221. The van der Waals surface area contributed by atoms with Gasteiger partial charge in [0.25, 0.3) is 0 Å². The van der Waals surface area contributed by atoms with Crippen LogP contribution in [0, 0.1) is 5.92 Å². The second-order valence-electron chi connectivity index (χ2n) is 4.44. The summed E-state index contributed by atoms with van der Waals surface area (Å²) in [5, 5.41) is 3.34. The maximum Gasteiger partial charge on any atom is 0.202 e. The molecule has 1 rings (SSSR count). The Morgan fingerprint density at radius 2 is 2.19 bits per heavy atom. The zero-order valence-corrected chi connectivity index (χ0v) is 10.7. The van der Waals surface area contributed by atoms with Gasteiger partial charge < -0.3 is 14.6 Å². The van der Waals surface area contributed by atoms with Gasteiger partial charge >= 0.3 is 0 Å². The van der Waals surface area contributed by atoms with Gasteiger partial charge in [0.1, 0.15) is 0 Å². The highest BCUT2D eigenvalue weighted by atomic mass is 16.5. The van der Waals surface area contributed by atoms with Crippen LogP contribution in [0.15, 0.2) is 12.4 Å². The van der Waals surface area contributed by atoms with Crippen LogP contribution in [0.1, 0.15) is 27.7 Å². The number of nitrogens with one attached hydrogen (secondary N) is 1. The van der Waals surface area contributed by atoms with E-state index in [1.54, 1.807) is 0 Å². The Hall–Kier alpha value is -1.03. The van der Waals surface area contributed by atoms with Crippen LogP contribution >= 0.6 is 0 Å². The summed E-state index contributed by atoms with van der Waals surface area (Å²) in [5.41, 5.74) is 0. The monoisotopic (exact) mass is 225 g/mol. The molecule has 1 heterocycles. The van der Waals surface area contributed by atoms with Crippen molar-refractivity contribution in [1.82, 2.24) is 9.55 Å². The van der Waals surface area contributed by atoms with Gasteiger partial charge in [0, 0.05) is 25.5 Å². The van der Waals surface area contributed by atoms with Crippen LogP contribution in [0.5, 0.6) is 0 Å². The van der Waals surface area contributed by atoms with E-state index in [0.717, 1.165) is 25.6 Å². The second-order valence-corrected chi connectivity index (χ2v) is 4.44. The zero-order chi connectivity index (χ0) is 12.0. The Morgan fingerprint density at radius 1 is 1.44 bits per heavy atom. The van der Waals surface area contributed by atoms with E-state index < -0.39 is 0 Å². The van der Waals surface area contributed by atoms with Gasteiger partial charge in [0.05, 0.1) is 12.6 Å². The lowest BCUT2D eigenvalue weighted by molar-refractivity contribution is 0.0644. The first-order valence-corrected chi connectivity index (χ1v) is 6.00. The van der Waals surface area contributed by atoms with Crippen LogP contribution in [-0.2, 0) is 11.3 Å². The molecule has 0 bridgehead atoms. The van der Waals surface area contributed by atoms with Gasteiger partial charge in [-0.25, -0.2) is 4.98 Å². The van der Waals surface area contributed by atoms with Crippen LogP contribution in [0.2, 0.25) is 0 Å². The SMILES string of the molecule is CCOC(C)Cn1ccnc1NCC(C)C. The number of hydrogen-bond acceptors (Lipinski definition) is 3. The number of anilines is 1. The van der Waals surface area contributed by atoms with Crippen molar-refractivity contribution in [3.8, 4) is 0 Å². The molecule has 92 valence electrons. The molecule has 4 nitrogen and oxygen atoms in total. The average Bonchev–Trinajstić information content (AvgIpc) is 2.62. The number of nitrogens with zero attached hydrogens (tertiary/aromatic N) is 2. The first-order valence-electron chi connectivity index (χ1n) is 6.00. The highest BCUT2D eigenvalue weighted by Gasteiger charge is 2.07. The standard InChI is InChI=1S/C12H23N3O/c1-5-16-11(4)9-15-7-6-13-12(15)14-8-10(2)3/h6-7,10-11H,5,8-9H2,1-4H3,(H,13,14). The smallest absolute Gasteiger partial charge is 0.202 e. The molecule has 16 heavy (non-hydrogen) atoms. The number of hydrogen-bond donors (Lipinski definition) is 1. The van der Waals surface area contributed by atoms with Crippen molar-refractivity contribution < 1.29 is 4.74 Å². The van der Waals surface area contributed by atoms with E-state index in [0.29, 0.717) is 5.92 Å². The average molecular weight is 225 g/mol. The number of aromatic nitrogens is 2. The van der Waals surface area contributed by atoms with Crippen LogP contribution in [0.4, 0.5) is 5.95 Å². The summed E-state index contributed by atoms with van der Waals surface area (Å²) in [6, 6.07) is 0. The molecule has 1 N–H and O–H groups in total. The molecule has 0 saturated carbocycles. The molecule has 1 aromatic heterocycles. The van der Waals surface area contributed by atoms with E-state index in [9.17, 15) is 0 Å². The molecule has 0 aliphatic carbocycles. The van der Waals surface area contributed by atoms with Crippen LogP contribution in [0.25, 0.3) is 0 Å². The third kappa shape index (κ3) is 4.23. The highest BCUT2D eigenvalue weighted by Crippen LogP contribution is 2.07. The fourth-order valence-electron chi connectivity index (χ4n) is 1.53. The maximum absolute atomic E-state index is 5.52. The molecule has 4 heteroatoms. The summed E-state index contributed by atoms with van der Waals surface area (Å²) >= 11 is 0. The quantitative estimate of drug-likeness (QED) is 0.774. The first-order chi connectivity index (χ1) is 7.63. The Kier molecular flexibility index (Phi) is 5.32. The van der Waals surface area contributed by atoms with Gasteiger partial charge in [-0.15, -0.1) is 0 Å². The summed E-state index contributed by atoms with van der Waals surface area (Å²) < 4.78 is 7.62. The predicted octanol–water partition coefficient (Wildman–Crippen LogP) is 2.38. The Bertz CT molecular complexity index is 296. The van der Waals surface area contributed by atoms with Crippen molar-refractivity contribution in [1.29, 1.82) is 0 Å². The van der Waals surface area contributed by atoms with Gasteiger partial charge in [-0.05, 0) is 19.8 Å². The fourth-order valence-corrected chi connectivity index (χ4v) is 1.53. The number of rotatable bonds is 7. The van der Waals surface area contributed by atoms with E-state index >= 15 is 0 Å². The first kappa shape index (κ1) is 13.0. The third-order valence-corrected chi connectivity index (χ3v) is 2.29. The molecule has 0 spiro atoms. The topological polar surface area (TPSA) is 39.1 Å². The van der Waals surface area contributed by atoms with E-state index in [4.69, 9.17) is 4.74 Å². The van der Waals surface area contributed by atoms with Crippen molar-refractivity contribution >= 4 is 5.95 Å². The van der Waals surface area contributed by atoms with E-state index in [1.807, 2.05) is 19.3 Å². The van der Waals surface area contributed by atoms with E-state index in [-0.39, 0.29) is 6.10 Å². The molecule has 1 unspecified atom stereocenters. The molecule has 0 radical (unpaired) electrons. The van der Waals surface area contributed by atoms with Crippen LogP contribution in [0.3, 0.4) is 0 Å². The normalized spacial score (nSPS) is 13.1. The minimum Gasteiger partial charge on any atom is -0.377 e. The van der Waals surface area contributed by atoms with Gasteiger partial charge in [-0.2, -0.15) is 0 Å². The zero-order valence-electron chi connectivity index (χ0n) is 10.7. The van der Waals surface area contributed by atoms with Gasteiger partial charge in [0.15, 0.2) is 0 Å². The van der Waals surface area contributed by atoms with Crippen molar-refractivity contribution in [2.24, 2.45) is 5.92 Å². The molecule has 0 fully saturated rings. The predicted molar refractivity (Wildman–Crippen MR) is 66.6 cm³/mol. The minimum absolute atomic E-state index is 0.221. The van der Waals surface area contributed by atoms with Gasteiger partial charge in [-0.1, -0.05) is 13.8 Å². The molecule has 0 aliphatic rings. The third-order valence-electron chi connectivity index (χ3n) is 2.29. The largest absolute Gasteiger partial charge is 0.377 e. The number of imidazole rings is 1. The lowest BCUT2D eigenvalue weighted by Gasteiger charge is -2.15. The Morgan fingerprint density at radius 3 is 2.81 bits per heavy atom. The maximum atomic E-state index is 5.52. The summed E-state index contributed by atoms with van der Waals surface area (Å²) in [5.74, 6) is 1.55. The van der Waals surface area contributed by atoms with Gasteiger partial charge in [-0.3, -0.25) is 0 Å². The summed E-state index contributed by atoms with van der Waals surface area (Å²) in [6.45, 7) is 11.0. The molecular weight excluding hydrogens is 202 g/mol. The molecule has 1 atom stereocenters. The second kappa shape index (κ2) is 6.53. The summed E-state index contributed by atoms with van der Waals surface area (Å²) in [7, 11) is 0. The Balaban J connectivity index is 2.49. The van der Waals surface area contributed by atoms with Gasteiger partial charge in [0.2, 0.25) is 5.95 Å². The lowest BCUT2D eigenvalue weighted by atomic mass is 10.2. The van der Waals surface area contributed by atoms with Crippen molar-refractivity contribution in [2.45, 2.75) is 40.3 Å². The molecule has 0 aromatic carbocycles.